The van der Waals surface area contributed by atoms with Crippen molar-refractivity contribution < 1.29 is 14.3 Å². The smallest absolute Gasteiger partial charge is 0.262 e. The molecule has 0 aromatic heterocycles. The highest BCUT2D eigenvalue weighted by molar-refractivity contribution is 9.10. The van der Waals surface area contributed by atoms with Gasteiger partial charge in [0.15, 0.2) is 6.61 Å². The summed E-state index contributed by atoms with van der Waals surface area (Å²) in [4.78, 5) is 23.6. The maximum absolute atomic E-state index is 12.1. The van der Waals surface area contributed by atoms with Crippen LogP contribution in [0.2, 0.25) is 0 Å². The van der Waals surface area contributed by atoms with Crippen LogP contribution in [0.4, 0.5) is 11.4 Å². The molecule has 6 heteroatoms. The predicted molar refractivity (Wildman–Crippen MR) is 103 cm³/mol. The Morgan fingerprint density at radius 1 is 1.04 bits per heavy atom. The third kappa shape index (κ3) is 5.60. The van der Waals surface area contributed by atoms with Crippen molar-refractivity contribution in [2.75, 3.05) is 17.2 Å². The third-order valence-corrected chi connectivity index (χ3v) is 4.06. The van der Waals surface area contributed by atoms with Crippen molar-refractivity contribution in [2.45, 2.75) is 27.2 Å². The van der Waals surface area contributed by atoms with Crippen molar-refractivity contribution in [1.82, 2.24) is 0 Å². The first-order chi connectivity index (χ1) is 11.9. The molecule has 2 N–H and O–H groups in total. The minimum Gasteiger partial charge on any atom is -0.482 e. The number of carbonyl (C=O) groups excluding carboxylic acids is 2. The van der Waals surface area contributed by atoms with E-state index >= 15 is 0 Å². The largest absolute Gasteiger partial charge is 0.482 e. The molecule has 0 atom stereocenters. The zero-order valence-electron chi connectivity index (χ0n) is 14.5. The van der Waals surface area contributed by atoms with Crippen LogP contribution in [0.25, 0.3) is 0 Å². The van der Waals surface area contributed by atoms with Gasteiger partial charge < -0.3 is 15.4 Å². The van der Waals surface area contributed by atoms with Gasteiger partial charge in [0.2, 0.25) is 5.91 Å². The lowest BCUT2D eigenvalue weighted by Crippen LogP contribution is -2.20. The molecule has 2 amide bonds. The van der Waals surface area contributed by atoms with Gasteiger partial charge in [-0.1, -0.05) is 19.1 Å². The molecule has 0 unspecified atom stereocenters. The van der Waals surface area contributed by atoms with Crippen LogP contribution in [0.1, 0.15) is 24.5 Å². The van der Waals surface area contributed by atoms with Gasteiger partial charge in [-0.25, -0.2) is 0 Å². The molecule has 2 rings (SSSR count). The first-order valence-corrected chi connectivity index (χ1v) is 8.77. The molecule has 0 spiro atoms. The standard InChI is InChI=1S/C19H21BrN2O3/c1-4-17(23)21-14-6-5-7-15(10-14)22-18(24)11-25-19-13(3)8-12(2)9-16(19)20/h5-10H,4,11H2,1-3H3,(H,21,23)(H,22,24). The number of hydrogen-bond donors (Lipinski definition) is 2. The van der Waals surface area contributed by atoms with Gasteiger partial charge in [-0.3, -0.25) is 9.59 Å². The third-order valence-electron chi connectivity index (χ3n) is 3.47. The van der Waals surface area contributed by atoms with E-state index in [0.717, 1.165) is 15.6 Å². The number of aryl methyl sites for hydroxylation is 2. The van der Waals surface area contributed by atoms with E-state index in [4.69, 9.17) is 4.74 Å². The van der Waals surface area contributed by atoms with Crippen molar-refractivity contribution in [1.29, 1.82) is 0 Å². The van der Waals surface area contributed by atoms with E-state index in [0.29, 0.717) is 23.5 Å². The van der Waals surface area contributed by atoms with Crippen molar-refractivity contribution in [2.24, 2.45) is 0 Å². The van der Waals surface area contributed by atoms with Crippen molar-refractivity contribution in [3.63, 3.8) is 0 Å². The lowest BCUT2D eigenvalue weighted by Gasteiger charge is -2.13. The first kappa shape index (κ1) is 19.0. The fourth-order valence-corrected chi connectivity index (χ4v) is 3.13. The lowest BCUT2D eigenvalue weighted by atomic mass is 10.1. The van der Waals surface area contributed by atoms with Crippen LogP contribution in [0, 0.1) is 13.8 Å². The minimum atomic E-state index is -0.272. The summed E-state index contributed by atoms with van der Waals surface area (Å²) in [6.45, 7) is 5.61. The summed E-state index contributed by atoms with van der Waals surface area (Å²) in [5, 5.41) is 5.52. The van der Waals surface area contributed by atoms with Gasteiger partial charge in [0, 0.05) is 17.8 Å². The molecule has 0 heterocycles. The van der Waals surface area contributed by atoms with Gasteiger partial charge in [-0.05, 0) is 65.2 Å². The number of amides is 2. The predicted octanol–water partition coefficient (Wildman–Crippen LogP) is 4.43. The summed E-state index contributed by atoms with van der Waals surface area (Å²) in [7, 11) is 0. The van der Waals surface area contributed by atoms with Crippen LogP contribution >= 0.6 is 15.9 Å². The van der Waals surface area contributed by atoms with E-state index in [1.54, 1.807) is 31.2 Å². The van der Waals surface area contributed by atoms with E-state index in [1.165, 1.54) is 0 Å². The fourth-order valence-electron chi connectivity index (χ4n) is 2.34. The molecule has 5 nitrogen and oxygen atoms in total. The molecular weight excluding hydrogens is 384 g/mol. The highest BCUT2D eigenvalue weighted by Gasteiger charge is 2.10. The Bertz CT molecular complexity index is 767. The molecule has 2 aromatic carbocycles. The van der Waals surface area contributed by atoms with Gasteiger partial charge >= 0.3 is 0 Å². The number of hydrogen-bond acceptors (Lipinski definition) is 3. The molecule has 25 heavy (non-hydrogen) atoms. The molecule has 2 aromatic rings. The summed E-state index contributed by atoms with van der Waals surface area (Å²) in [6, 6.07) is 10.9. The average molecular weight is 405 g/mol. The maximum atomic E-state index is 12.1. The topological polar surface area (TPSA) is 67.4 Å². The Morgan fingerprint density at radius 2 is 1.68 bits per heavy atom. The molecule has 0 aliphatic rings. The van der Waals surface area contributed by atoms with Gasteiger partial charge in [-0.15, -0.1) is 0 Å². The van der Waals surface area contributed by atoms with Crippen LogP contribution in [0.15, 0.2) is 40.9 Å². The number of nitrogens with one attached hydrogen (secondary N) is 2. The zero-order chi connectivity index (χ0) is 18.4. The summed E-state index contributed by atoms with van der Waals surface area (Å²) in [6.07, 6.45) is 0.398. The Kier molecular flexibility index (Phi) is 6.58. The molecule has 0 bridgehead atoms. The van der Waals surface area contributed by atoms with Crippen LogP contribution in [0.5, 0.6) is 5.75 Å². The molecule has 132 valence electrons. The Morgan fingerprint density at radius 3 is 2.28 bits per heavy atom. The molecule has 0 radical (unpaired) electrons. The van der Waals surface area contributed by atoms with Crippen molar-refractivity contribution >= 4 is 39.1 Å². The Hall–Kier alpha value is -2.34. The first-order valence-electron chi connectivity index (χ1n) is 7.98. The van der Waals surface area contributed by atoms with E-state index in [9.17, 15) is 9.59 Å². The number of carbonyl (C=O) groups is 2. The Labute approximate surface area is 155 Å². The normalized spacial score (nSPS) is 10.2. The summed E-state index contributed by atoms with van der Waals surface area (Å²) in [5.74, 6) is 0.307. The van der Waals surface area contributed by atoms with Gasteiger partial charge in [0.05, 0.1) is 4.47 Å². The van der Waals surface area contributed by atoms with Crippen LogP contribution in [0.3, 0.4) is 0 Å². The van der Waals surface area contributed by atoms with Crippen LogP contribution < -0.4 is 15.4 Å². The quantitative estimate of drug-likeness (QED) is 0.747. The molecule has 0 fully saturated rings. The van der Waals surface area contributed by atoms with Gasteiger partial charge in [0.1, 0.15) is 5.75 Å². The SMILES string of the molecule is CCC(=O)Nc1cccc(NC(=O)COc2c(C)cc(C)cc2Br)c1. The second kappa shape index (κ2) is 8.67. The van der Waals surface area contributed by atoms with Crippen LogP contribution in [-0.4, -0.2) is 18.4 Å². The number of halogens is 1. The number of benzene rings is 2. The molecule has 0 aliphatic heterocycles. The molecule has 0 saturated heterocycles. The van der Waals surface area contributed by atoms with E-state index in [2.05, 4.69) is 26.6 Å². The molecule has 0 aliphatic carbocycles. The zero-order valence-corrected chi connectivity index (χ0v) is 16.1. The summed E-state index contributed by atoms with van der Waals surface area (Å²) < 4.78 is 6.46. The minimum absolute atomic E-state index is 0.0773. The number of anilines is 2. The van der Waals surface area contributed by atoms with E-state index < -0.39 is 0 Å². The average Bonchev–Trinajstić information content (AvgIpc) is 2.54. The van der Waals surface area contributed by atoms with E-state index in [1.807, 2.05) is 26.0 Å². The van der Waals surface area contributed by atoms with Crippen molar-refractivity contribution in [3.8, 4) is 5.75 Å². The molecule has 0 saturated carbocycles. The van der Waals surface area contributed by atoms with Crippen LogP contribution in [-0.2, 0) is 9.59 Å². The monoisotopic (exact) mass is 404 g/mol. The van der Waals surface area contributed by atoms with Gasteiger partial charge in [0.25, 0.3) is 5.91 Å². The van der Waals surface area contributed by atoms with Crippen molar-refractivity contribution in [3.05, 3.63) is 52.0 Å². The second-order valence-electron chi connectivity index (χ2n) is 5.71. The lowest BCUT2D eigenvalue weighted by molar-refractivity contribution is -0.118. The number of rotatable bonds is 6. The summed E-state index contributed by atoms with van der Waals surface area (Å²) in [5.41, 5.74) is 3.32. The number of ether oxygens (including phenoxy) is 1. The highest BCUT2D eigenvalue weighted by Crippen LogP contribution is 2.30. The fraction of sp³-hybridized carbons (Fsp3) is 0.263. The van der Waals surface area contributed by atoms with E-state index in [-0.39, 0.29) is 18.4 Å². The maximum Gasteiger partial charge on any atom is 0.262 e. The molecular formula is C19H21BrN2O3. The summed E-state index contributed by atoms with van der Waals surface area (Å²) >= 11 is 3.46. The van der Waals surface area contributed by atoms with Gasteiger partial charge in [-0.2, -0.15) is 0 Å². The highest BCUT2D eigenvalue weighted by atomic mass is 79.9. The Balaban J connectivity index is 1.97. The second-order valence-corrected chi connectivity index (χ2v) is 6.57.